The molecule has 0 amide bonds. The third-order valence-corrected chi connectivity index (χ3v) is 7.56. The quantitative estimate of drug-likeness (QED) is 0.494. The van der Waals surface area contributed by atoms with Gasteiger partial charge in [-0.3, -0.25) is 4.90 Å². The molecule has 0 atom stereocenters. The van der Waals surface area contributed by atoms with Crippen LogP contribution >= 0.6 is 24.2 Å². The zero-order valence-corrected chi connectivity index (χ0v) is 20.1. The summed E-state index contributed by atoms with van der Waals surface area (Å²) in [4.78, 5) is 5.32. The van der Waals surface area contributed by atoms with Gasteiger partial charge in [0, 0.05) is 31.9 Å². The Bertz CT molecular complexity index is 570. The van der Waals surface area contributed by atoms with Crippen molar-refractivity contribution in [2.45, 2.75) is 58.8 Å². The Morgan fingerprint density at radius 1 is 0.964 bits per heavy atom. The van der Waals surface area contributed by atoms with Crippen molar-refractivity contribution in [3.63, 3.8) is 0 Å². The molecule has 0 bridgehead atoms. The number of piperazine rings is 1. The van der Waals surface area contributed by atoms with Crippen molar-refractivity contribution in [2.24, 2.45) is 11.3 Å². The van der Waals surface area contributed by atoms with Crippen molar-refractivity contribution >= 4 is 29.9 Å². The van der Waals surface area contributed by atoms with Gasteiger partial charge in [0.15, 0.2) is 0 Å². The van der Waals surface area contributed by atoms with Crippen LogP contribution in [-0.4, -0.2) is 49.6 Å². The van der Waals surface area contributed by atoms with E-state index in [0.717, 1.165) is 11.8 Å². The van der Waals surface area contributed by atoms with Gasteiger partial charge in [-0.2, -0.15) is 11.8 Å². The van der Waals surface area contributed by atoms with E-state index in [2.05, 4.69) is 61.1 Å². The molecule has 28 heavy (non-hydrogen) atoms. The minimum absolute atomic E-state index is 0. The molecule has 2 nitrogen and oxygen atoms in total. The number of anilines is 1. The number of benzene rings is 1. The Labute approximate surface area is 184 Å². The topological polar surface area (TPSA) is 6.48 Å². The molecule has 1 aliphatic carbocycles. The minimum Gasteiger partial charge on any atom is -0.369 e. The second-order valence-corrected chi connectivity index (χ2v) is 10.6. The van der Waals surface area contributed by atoms with Crippen LogP contribution in [0.4, 0.5) is 5.69 Å². The number of hydrogen-bond acceptors (Lipinski definition) is 3. The fourth-order valence-corrected chi connectivity index (χ4v) is 5.45. The summed E-state index contributed by atoms with van der Waals surface area (Å²) >= 11 is 1.97. The summed E-state index contributed by atoms with van der Waals surface area (Å²) in [5.74, 6) is 2.95. The van der Waals surface area contributed by atoms with Crippen molar-refractivity contribution in [3.8, 4) is 0 Å². The standard InChI is InChI=1S/C24H40N2S.ClH/c1-24(2,3)21-12-10-20(11-13-21)22-8-5-6-9-23(22)26-17-15-25(16-18-26)14-7-19-27-4;/h5-6,8-9,20-21H,7,10-19H2,1-4H3;1H. The van der Waals surface area contributed by atoms with Crippen LogP contribution in [0.15, 0.2) is 24.3 Å². The molecule has 160 valence electrons. The molecule has 1 saturated carbocycles. The number of para-hydroxylation sites is 1. The number of hydrogen-bond donors (Lipinski definition) is 0. The van der Waals surface area contributed by atoms with Crippen LogP contribution in [0.25, 0.3) is 0 Å². The molecule has 4 heteroatoms. The molecule has 0 N–H and O–H groups in total. The van der Waals surface area contributed by atoms with Gasteiger partial charge in [-0.1, -0.05) is 39.0 Å². The molecular weight excluding hydrogens is 384 g/mol. The zero-order valence-electron chi connectivity index (χ0n) is 18.5. The molecule has 0 aromatic heterocycles. The number of nitrogens with zero attached hydrogens (tertiary/aromatic N) is 2. The Hall–Kier alpha value is -0.380. The van der Waals surface area contributed by atoms with Gasteiger partial charge >= 0.3 is 0 Å². The molecule has 2 aliphatic rings. The van der Waals surface area contributed by atoms with Crippen molar-refractivity contribution in [1.29, 1.82) is 0 Å². The van der Waals surface area contributed by atoms with Crippen LogP contribution < -0.4 is 4.90 Å². The second kappa shape index (κ2) is 11.1. The van der Waals surface area contributed by atoms with Crippen molar-refractivity contribution in [2.75, 3.05) is 49.6 Å². The zero-order chi connectivity index (χ0) is 19.3. The molecule has 3 rings (SSSR count). The molecule has 1 aliphatic heterocycles. The molecule has 1 aromatic rings. The third kappa shape index (κ3) is 6.31. The number of halogens is 1. The Morgan fingerprint density at radius 3 is 2.21 bits per heavy atom. The Balaban J connectivity index is 0.00000280. The maximum Gasteiger partial charge on any atom is 0.0402 e. The highest BCUT2D eigenvalue weighted by Crippen LogP contribution is 2.45. The second-order valence-electron chi connectivity index (χ2n) is 9.65. The Morgan fingerprint density at radius 2 is 1.61 bits per heavy atom. The van der Waals surface area contributed by atoms with Gasteiger partial charge in [-0.25, -0.2) is 0 Å². The lowest BCUT2D eigenvalue weighted by atomic mass is 9.68. The van der Waals surface area contributed by atoms with Gasteiger partial charge in [0.05, 0.1) is 0 Å². The lowest BCUT2D eigenvalue weighted by Gasteiger charge is -2.40. The summed E-state index contributed by atoms with van der Waals surface area (Å²) in [6.45, 7) is 13.4. The first-order valence-corrected chi connectivity index (χ1v) is 12.4. The van der Waals surface area contributed by atoms with E-state index in [1.165, 1.54) is 76.3 Å². The van der Waals surface area contributed by atoms with E-state index in [0.29, 0.717) is 5.41 Å². The summed E-state index contributed by atoms with van der Waals surface area (Å²) < 4.78 is 0. The van der Waals surface area contributed by atoms with E-state index in [9.17, 15) is 0 Å². The maximum absolute atomic E-state index is 2.66. The van der Waals surface area contributed by atoms with Crippen LogP contribution in [-0.2, 0) is 0 Å². The molecule has 0 radical (unpaired) electrons. The highest BCUT2D eigenvalue weighted by molar-refractivity contribution is 7.98. The highest BCUT2D eigenvalue weighted by atomic mass is 35.5. The number of rotatable bonds is 6. The van der Waals surface area contributed by atoms with Crippen molar-refractivity contribution in [1.82, 2.24) is 4.90 Å². The first-order chi connectivity index (χ1) is 13.0. The van der Waals surface area contributed by atoms with E-state index < -0.39 is 0 Å². The fourth-order valence-electron chi connectivity index (χ4n) is 5.04. The fraction of sp³-hybridized carbons (Fsp3) is 0.750. The normalized spacial score (nSPS) is 24.1. The molecule has 2 fully saturated rings. The lowest BCUT2D eigenvalue weighted by molar-refractivity contribution is 0.169. The van der Waals surface area contributed by atoms with E-state index in [1.807, 2.05) is 11.8 Å². The van der Waals surface area contributed by atoms with Crippen LogP contribution in [0.5, 0.6) is 0 Å². The van der Waals surface area contributed by atoms with E-state index in [4.69, 9.17) is 0 Å². The molecule has 0 unspecified atom stereocenters. The van der Waals surface area contributed by atoms with E-state index in [1.54, 1.807) is 5.56 Å². The highest BCUT2D eigenvalue weighted by Gasteiger charge is 2.31. The first-order valence-electron chi connectivity index (χ1n) is 11.0. The summed E-state index contributed by atoms with van der Waals surface area (Å²) in [5.41, 5.74) is 3.62. The van der Waals surface area contributed by atoms with Gasteiger partial charge < -0.3 is 4.90 Å². The third-order valence-electron chi connectivity index (χ3n) is 6.86. The SMILES string of the molecule is CSCCCN1CCN(c2ccccc2C2CCC(C(C)(C)C)CC2)CC1.Cl. The molecular formula is C24H41ClN2S. The smallest absolute Gasteiger partial charge is 0.0402 e. The van der Waals surface area contributed by atoms with Crippen LogP contribution in [0.3, 0.4) is 0 Å². The van der Waals surface area contributed by atoms with E-state index in [-0.39, 0.29) is 12.4 Å². The summed E-state index contributed by atoms with van der Waals surface area (Å²) in [6, 6.07) is 9.30. The minimum atomic E-state index is 0. The van der Waals surface area contributed by atoms with Gasteiger partial charge in [0.2, 0.25) is 0 Å². The maximum atomic E-state index is 2.66. The largest absolute Gasteiger partial charge is 0.369 e. The van der Waals surface area contributed by atoms with Crippen molar-refractivity contribution in [3.05, 3.63) is 29.8 Å². The predicted octanol–water partition coefficient (Wildman–Crippen LogP) is 6.30. The average Bonchev–Trinajstić information content (AvgIpc) is 2.68. The van der Waals surface area contributed by atoms with Gasteiger partial charge in [0.25, 0.3) is 0 Å². The van der Waals surface area contributed by atoms with Crippen LogP contribution in [0.2, 0.25) is 0 Å². The van der Waals surface area contributed by atoms with Gasteiger partial charge in [0.1, 0.15) is 0 Å². The summed E-state index contributed by atoms with van der Waals surface area (Å²) in [6.07, 6.45) is 9.07. The monoisotopic (exact) mass is 424 g/mol. The lowest BCUT2D eigenvalue weighted by Crippen LogP contribution is -2.47. The summed E-state index contributed by atoms with van der Waals surface area (Å²) in [5, 5.41) is 0. The number of thioether (sulfide) groups is 1. The first kappa shape index (κ1) is 23.9. The predicted molar refractivity (Wildman–Crippen MR) is 129 cm³/mol. The molecule has 1 saturated heterocycles. The summed E-state index contributed by atoms with van der Waals surface area (Å²) in [7, 11) is 0. The van der Waals surface area contributed by atoms with Crippen LogP contribution in [0, 0.1) is 11.3 Å². The molecule has 0 spiro atoms. The van der Waals surface area contributed by atoms with Crippen LogP contribution in [0.1, 0.15) is 64.4 Å². The van der Waals surface area contributed by atoms with Crippen molar-refractivity contribution < 1.29 is 0 Å². The Kier molecular flexibility index (Phi) is 9.50. The average molecular weight is 425 g/mol. The van der Waals surface area contributed by atoms with E-state index >= 15 is 0 Å². The van der Waals surface area contributed by atoms with Gasteiger partial charge in [-0.15, -0.1) is 12.4 Å². The van der Waals surface area contributed by atoms with Gasteiger partial charge in [-0.05, 0) is 79.5 Å². The molecule has 1 aromatic carbocycles. The molecule has 1 heterocycles.